The number of hydrogen-bond donors (Lipinski definition) is 0. The second kappa shape index (κ2) is 5.58. The van der Waals surface area contributed by atoms with Gasteiger partial charge in [-0.25, -0.2) is 4.68 Å². The summed E-state index contributed by atoms with van der Waals surface area (Å²) in [5.41, 5.74) is 0.362. The fourth-order valence-electron chi connectivity index (χ4n) is 2.77. The second-order valence-electron chi connectivity index (χ2n) is 5.44. The van der Waals surface area contributed by atoms with Crippen molar-refractivity contribution in [3.8, 4) is 0 Å². The maximum atomic E-state index is 12.7. The van der Waals surface area contributed by atoms with E-state index in [1.807, 2.05) is 29.0 Å². The first-order chi connectivity index (χ1) is 11.2. The molecule has 0 fully saturated rings. The van der Waals surface area contributed by atoms with Gasteiger partial charge < -0.3 is 9.47 Å². The first-order valence-electron chi connectivity index (χ1n) is 7.33. The number of rotatable bonds is 3. The normalized spacial score (nSPS) is 17.3. The predicted octanol–water partition coefficient (Wildman–Crippen LogP) is 1.20. The molecule has 1 atom stereocenters. The molecule has 1 amide bonds. The lowest BCUT2D eigenvalue weighted by Crippen LogP contribution is -2.41. The Balaban J connectivity index is 1.52. The molecule has 4 heterocycles. The van der Waals surface area contributed by atoms with E-state index in [0.717, 1.165) is 5.82 Å². The van der Waals surface area contributed by atoms with Crippen molar-refractivity contribution in [1.29, 1.82) is 0 Å². The molecular weight excluding hydrogens is 314 g/mol. The van der Waals surface area contributed by atoms with Crippen molar-refractivity contribution in [3.05, 3.63) is 46.4 Å². The quantitative estimate of drug-likeness (QED) is 0.721. The standard InChI is InChI=1S/C14H15N7OS/c1-10-13-17-15-9-19(13)4-5-21(10)14(22)12-8-20(18-16-12)7-11-3-2-6-23-11/h2-3,6,8-10H,4-5,7H2,1H3. The molecule has 1 unspecified atom stereocenters. The number of carbonyl (C=O) groups is 1. The van der Waals surface area contributed by atoms with E-state index in [2.05, 4.69) is 20.5 Å². The molecule has 9 heteroatoms. The summed E-state index contributed by atoms with van der Waals surface area (Å²) < 4.78 is 3.66. The van der Waals surface area contributed by atoms with Crippen LogP contribution in [0.2, 0.25) is 0 Å². The number of thiophene rings is 1. The molecule has 23 heavy (non-hydrogen) atoms. The van der Waals surface area contributed by atoms with Gasteiger partial charge in [0.15, 0.2) is 11.5 Å². The van der Waals surface area contributed by atoms with Crippen molar-refractivity contribution in [2.75, 3.05) is 6.54 Å². The minimum Gasteiger partial charge on any atom is -0.325 e. The minimum absolute atomic E-state index is 0.121. The lowest BCUT2D eigenvalue weighted by Gasteiger charge is -2.32. The summed E-state index contributed by atoms with van der Waals surface area (Å²) in [4.78, 5) is 15.7. The number of carbonyl (C=O) groups excluding carboxylic acids is 1. The molecule has 3 aromatic heterocycles. The Morgan fingerprint density at radius 2 is 2.30 bits per heavy atom. The summed E-state index contributed by atoms with van der Waals surface area (Å²) in [7, 11) is 0. The maximum absolute atomic E-state index is 12.7. The van der Waals surface area contributed by atoms with Crippen LogP contribution in [-0.4, -0.2) is 47.1 Å². The zero-order valence-corrected chi connectivity index (χ0v) is 13.3. The van der Waals surface area contributed by atoms with E-state index in [1.54, 1.807) is 33.4 Å². The lowest BCUT2D eigenvalue weighted by molar-refractivity contribution is 0.0631. The number of amides is 1. The Labute approximate surface area is 136 Å². The molecule has 0 aromatic carbocycles. The summed E-state index contributed by atoms with van der Waals surface area (Å²) in [5, 5.41) is 18.1. The fraction of sp³-hybridized carbons (Fsp3) is 0.357. The van der Waals surface area contributed by atoms with Crippen molar-refractivity contribution in [2.24, 2.45) is 0 Å². The van der Waals surface area contributed by atoms with Crippen LogP contribution in [0.1, 0.15) is 34.2 Å². The van der Waals surface area contributed by atoms with E-state index >= 15 is 0 Å². The van der Waals surface area contributed by atoms with E-state index < -0.39 is 0 Å². The van der Waals surface area contributed by atoms with Gasteiger partial charge in [-0.1, -0.05) is 11.3 Å². The zero-order chi connectivity index (χ0) is 15.8. The third-order valence-electron chi connectivity index (χ3n) is 3.99. The van der Waals surface area contributed by atoms with Crippen LogP contribution in [0.25, 0.3) is 0 Å². The molecule has 0 saturated heterocycles. The van der Waals surface area contributed by atoms with E-state index in [0.29, 0.717) is 25.3 Å². The Morgan fingerprint density at radius 1 is 1.39 bits per heavy atom. The first-order valence-corrected chi connectivity index (χ1v) is 8.21. The van der Waals surface area contributed by atoms with Gasteiger partial charge in [-0.3, -0.25) is 4.79 Å². The molecule has 0 bridgehead atoms. The van der Waals surface area contributed by atoms with Gasteiger partial charge in [0.05, 0.1) is 18.8 Å². The summed E-state index contributed by atoms with van der Waals surface area (Å²) in [6.45, 7) is 3.89. The van der Waals surface area contributed by atoms with Gasteiger partial charge in [-0.05, 0) is 18.4 Å². The van der Waals surface area contributed by atoms with Crippen LogP contribution in [0.3, 0.4) is 0 Å². The Morgan fingerprint density at radius 3 is 3.13 bits per heavy atom. The van der Waals surface area contributed by atoms with Crippen molar-refractivity contribution < 1.29 is 4.79 Å². The molecule has 0 aliphatic carbocycles. The molecule has 1 aliphatic heterocycles. The van der Waals surface area contributed by atoms with Gasteiger partial charge >= 0.3 is 0 Å². The van der Waals surface area contributed by atoms with Gasteiger partial charge in [-0.15, -0.1) is 26.6 Å². The molecule has 0 saturated carbocycles. The van der Waals surface area contributed by atoms with E-state index in [9.17, 15) is 4.79 Å². The average molecular weight is 329 g/mol. The minimum atomic E-state index is -0.124. The number of nitrogens with zero attached hydrogens (tertiary/aromatic N) is 7. The number of fused-ring (bicyclic) bond motifs is 1. The molecular formula is C14H15N7OS. The molecule has 118 valence electrons. The third kappa shape index (κ3) is 2.52. The van der Waals surface area contributed by atoms with Gasteiger partial charge in [0.1, 0.15) is 6.33 Å². The number of hydrogen-bond acceptors (Lipinski definition) is 6. The molecule has 4 rings (SSSR count). The Bertz CT molecular complexity index is 822. The summed E-state index contributed by atoms with van der Waals surface area (Å²) in [6.07, 6.45) is 3.40. The van der Waals surface area contributed by atoms with Crippen LogP contribution in [0.5, 0.6) is 0 Å². The van der Waals surface area contributed by atoms with Crippen LogP contribution < -0.4 is 0 Å². The van der Waals surface area contributed by atoms with E-state index in [4.69, 9.17) is 0 Å². The van der Waals surface area contributed by atoms with E-state index in [1.165, 1.54) is 4.88 Å². The predicted molar refractivity (Wildman–Crippen MR) is 82.9 cm³/mol. The Hall–Kier alpha value is -2.55. The van der Waals surface area contributed by atoms with Crippen molar-refractivity contribution in [1.82, 2.24) is 34.7 Å². The van der Waals surface area contributed by atoms with Gasteiger partial charge in [0, 0.05) is 18.0 Å². The highest BCUT2D eigenvalue weighted by atomic mass is 32.1. The van der Waals surface area contributed by atoms with Crippen LogP contribution in [0, 0.1) is 0 Å². The summed E-state index contributed by atoms with van der Waals surface area (Å²) >= 11 is 1.66. The fourth-order valence-corrected chi connectivity index (χ4v) is 3.46. The SMILES string of the molecule is CC1c2nncn2CCN1C(=O)c1cn(Cc2cccs2)nn1. The highest BCUT2D eigenvalue weighted by Gasteiger charge is 2.31. The Kier molecular flexibility index (Phi) is 3.41. The van der Waals surface area contributed by atoms with Crippen molar-refractivity contribution in [3.63, 3.8) is 0 Å². The molecule has 0 N–H and O–H groups in total. The van der Waals surface area contributed by atoms with Crippen LogP contribution >= 0.6 is 11.3 Å². The van der Waals surface area contributed by atoms with Crippen LogP contribution in [-0.2, 0) is 13.1 Å². The maximum Gasteiger partial charge on any atom is 0.276 e. The van der Waals surface area contributed by atoms with Crippen LogP contribution in [0.15, 0.2) is 30.0 Å². The second-order valence-corrected chi connectivity index (χ2v) is 6.47. The molecule has 1 aliphatic rings. The highest BCUT2D eigenvalue weighted by Crippen LogP contribution is 2.24. The first kappa shape index (κ1) is 14.1. The topological polar surface area (TPSA) is 81.7 Å². The molecule has 3 aromatic rings. The van der Waals surface area contributed by atoms with E-state index in [-0.39, 0.29) is 11.9 Å². The summed E-state index contributed by atoms with van der Waals surface area (Å²) in [6, 6.07) is 3.91. The molecule has 0 spiro atoms. The van der Waals surface area contributed by atoms with Gasteiger partial charge in [0.25, 0.3) is 5.91 Å². The smallest absolute Gasteiger partial charge is 0.276 e. The zero-order valence-electron chi connectivity index (χ0n) is 12.5. The molecule has 8 nitrogen and oxygen atoms in total. The summed E-state index contributed by atoms with van der Waals surface area (Å²) in [5.74, 6) is 0.680. The van der Waals surface area contributed by atoms with Gasteiger partial charge in [0.2, 0.25) is 0 Å². The average Bonchev–Trinajstić information content (AvgIpc) is 3.29. The van der Waals surface area contributed by atoms with Crippen molar-refractivity contribution >= 4 is 17.2 Å². The largest absolute Gasteiger partial charge is 0.325 e. The third-order valence-corrected chi connectivity index (χ3v) is 4.85. The lowest BCUT2D eigenvalue weighted by atomic mass is 10.2. The molecule has 0 radical (unpaired) electrons. The van der Waals surface area contributed by atoms with Crippen LogP contribution in [0.4, 0.5) is 0 Å². The number of aromatic nitrogens is 6. The monoisotopic (exact) mass is 329 g/mol. The van der Waals surface area contributed by atoms with Gasteiger partial charge in [-0.2, -0.15) is 0 Å². The van der Waals surface area contributed by atoms with Crippen molar-refractivity contribution in [2.45, 2.75) is 26.1 Å². The highest BCUT2D eigenvalue weighted by molar-refractivity contribution is 7.09.